The molecule has 0 spiro atoms. The van der Waals surface area contributed by atoms with Gasteiger partial charge < -0.3 is 9.64 Å². The summed E-state index contributed by atoms with van der Waals surface area (Å²) < 4.78 is 5.56. The van der Waals surface area contributed by atoms with Crippen molar-refractivity contribution in [3.63, 3.8) is 0 Å². The number of carbonyl (C=O) groups excluding carboxylic acids is 1. The van der Waals surface area contributed by atoms with Crippen molar-refractivity contribution in [2.24, 2.45) is 5.92 Å². The summed E-state index contributed by atoms with van der Waals surface area (Å²) in [5, 5.41) is 0. The van der Waals surface area contributed by atoms with Crippen molar-refractivity contribution in [1.29, 1.82) is 0 Å². The van der Waals surface area contributed by atoms with Gasteiger partial charge in [-0.15, -0.1) is 0 Å². The maximum absolute atomic E-state index is 12.4. The number of rotatable bonds is 1. The van der Waals surface area contributed by atoms with Crippen molar-refractivity contribution in [2.45, 2.75) is 58.1 Å². The summed E-state index contributed by atoms with van der Waals surface area (Å²) in [5.41, 5.74) is 2.13. The Balaban J connectivity index is 1.70. The number of fused-ring (bicyclic) bond motifs is 1. The zero-order chi connectivity index (χ0) is 15.0. The molecule has 0 saturated carbocycles. The van der Waals surface area contributed by atoms with Gasteiger partial charge in [-0.25, -0.2) is 4.79 Å². The van der Waals surface area contributed by atoms with Crippen LogP contribution in [0.1, 0.15) is 44.9 Å². The number of likely N-dealkylation sites (tertiary alicyclic amines) is 1. The number of hydrogen-bond acceptors (Lipinski definition) is 3. The van der Waals surface area contributed by atoms with Crippen molar-refractivity contribution in [1.82, 2.24) is 9.88 Å². The van der Waals surface area contributed by atoms with E-state index in [1.807, 2.05) is 37.9 Å². The van der Waals surface area contributed by atoms with E-state index in [1.165, 1.54) is 11.3 Å². The normalized spacial score (nSPS) is 25.0. The molecule has 1 amide bonds. The molecule has 1 saturated heterocycles. The van der Waals surface area contributed by atoms with Crippen LogP contribution in [0.5, 0.6) is 0 Å². The molecule has 0 radical (unpaired) electrons. The van der Waals surface area contributed by atoms with Gasteiger partial charge >= 0.3 is 6.09 Å². The minimum absolute atomic E-state index is 0.158. The molecule has 1 aromatic heterocycles. The first-order valence-corrected chi connectivity index (χ1v) is 7.86. The molecule has 1 aromatic rings. The molecule has 2 unspecified atom stereocenters. The van der Waals surface area contributed by atoms with Crippen molar-refractivity contribution in [2.75, 3.05) is 6.54 Å². The summed E-state index contributed by atoms with van der Waals surface area (Å²) in [6, 6.07) is 4.46. The second kappa shape index (κ2) is 5.32. The van der Waals surface area contributed by atoms with Crippen molar-refractivity contribution in [3.05, 3.63) is 29.6 Å². The number of aromatic nitrogens is 1. The predicted octanol–water partition coefficient (Wildman–Crippen LogP) is 3.20. The minimum atomic E-state index is -0.426. The summed E-state index contributed by atoms with van der Waals surface area (Å²) in [6.07, 6.45) is 5.88. The van der Waals surface area contributed by atoms with Crippen LogP contribution >= 0.6 is 0 Å². The molecule has 4 nitrogen and oxygen atoms in total. The molecule has 3 rings (SSSR count). The van der Waals surface area contributed by atoms with E-state index in [2.05, 4.69) is 11.1 Å². The first-order valence-electron chi connectivity index (χ1n) is 7.86. The largest absolute Gasteiger partial charge is 0.444 e. The third-order valence-corrected chi connectivity index (χ3v) is 4.39. The van der Waals surface area contributed by atoms with E-state index < -0.39 is 5.60 Å². The third-order valence-electron chi connectivity index (χ3n) is 4.39. The van der Waals surface area contributed by atoms with Crippen LogP contribution in [0.25, 0.3) is 0 Å². The molecule has 114 valence electrons. The lowest BCUT2D eigenvalue weighted by Gasteiger charge is -2.31. The fourth-order valence-corrected chi connectivity index (χ4v) is 3.55. The molecule has 2 heterocycles. The molecule has 4 heteroatoms. The SMILES string of the molecule is CC(C)(C)OC(=O)N1CCCC1C1Cc2cccnc2C1. The van der Waals surface area contributed by atoms with Crippen LogP contribution in [-0.2, 0) is 17.6 Å². The standard InChI is InChI=1S/C17H24N2O2/c1-17(2,3)21-16(20)19-9-5-7-15(19)13-10-12-6-4-8-18-14(12)11-13/h4,6,8,13,15H,5,7,9-11H2,1-3H3. The quantitative estimate of drug-likeness (QED) is 0.797. The summed E-state index contributed by atoms with van der Waals surface area (Å²) in [4.78, 5) is 18.8. The van der Waals surface area contributed by atoms with E-state index in [1.54, 1.807) is 0 Å². The van der Waals surface area contributed by atoms with Gasteiger partial charge in [0.05, 0.1) is 0 Å². The Bertz CT molecular complexity index is 511. The summed E-state index contributed by atoms with van der Waals surface area (Å²) in [7, 11) is 0. The molecule has 2 atom stereocenters. The van der Waals surface area contributed by atoms with Crippen LogP contribution < -0.4 is 0 Å². The van der Waals surface area contributed by atoms with Gasteiger partial charge in [0.15, 0.2) is 0 Å². The molecular weight excluding hydrogens is 264 g/mol. The summed E-state index contributed by atoms with van der Waals surface area (Å²) in [6.45, 7) is 6.59. The average Bonchev–Trinajstić information content (AvgIpc) is 3.02. The maximum Gasteiger partial charge on any atom is 0.410 e. The predicted molar refractivity (Wildman–Crippen MR) is 81.1 cm³/mol. The van der Waals surface area contributed by atoms with Gasteiger partial charge in [0, 0.05) is 24.5 Å². The van der Waals surface area contributed by atoms with Gasteiger partial charge in [-0.2, -0.15) is 0 Å². The molecule has 21 heavy (non-hydrogen) atoms. The fraction of sp³-hybridized carbons (Fsp3) is 0.647. The van der Waals surface area contributed by atoms with Crippen LogP contribution in [-0.4, -0.2) is 34.2 Å². The fourth-order valence-electron chi connectivity index (χ4n) is 3.55. The highest BCUT2D eigenvalue weighted by molar-refractivity contribution is 5.69. The molecule has 1 aliphatic heterocycles. The summed E-state index contributed by atoms with van der Waals surface area (Å²) in [5.74, 6) is 0.491. The molecule has 1 aliphatic carbocycles. The highest BCUT2D eigenvalue weighted by Gasteiger charge is 2.39. The lowest BCUT2D eigenvalue weighted by molar-refractivity contribution is 0.0180. The van der Waals surface area contributed by atoms with Crippen molar-refractivity contribution < 1.29 is 9.53 Å². The van der Waals surface area contributed by atoms with E-state index in [0.29, 0.717) is 12.0 Å². The molecule has 0 bridgehead atoms. The number of amides is 1. The first kappa shape index (κ1) is 14.4. The second-order valence-electron chi connectivity index (χ2n) is 7.16. The smallest absolute Gasteiger partial charge is 0.410 e. The number of ether oxygens (including phenoxy) is 1. The monoisotopic (exact) mass is 288 g/mol. The molecule has 1 fully saturated rings. The number of nitrogens with zero attached hydrogens (tertiary/aromatic N) is 2. The van der Waals surface area contributed by atoms with E-state index >= 15 is 0 Å². The van der Waals surface area contributed by atoms with Crippen molar-refractivity contribution >= 4 is 6.09 Å². The van der Waals surface area contributed by atoms with Crippen LogP contribution in [0.4, 0.5) is 4.79 Å². The Hall–Kier alpha value is -1.58. The highest BCUT2D eigenvalue weighted by atomic mass is 16.6. The average molecular weight is 288 g/mol. The maximum atomic E-state index is 12.4. The first-order chi connectivity index (χ1) is 9.94. The van der Waals surface area contributed by atoms with Crippen LogP contribution in [0.3, 0.4) is 0 Å². The van der Waals surface area contributed by atoms with E-state index in [9.17, 15) is 4.79 Å². The Morgan fingerprint density at radius 2 is 2.19 bits per heavy atom. The van der Waals surface area contributed by atoms with E-state index in [-0.39, 0.29) is 6.09 Å². The Morgan fingerprint density at radius 3 is 2.90 bits per heavy atom. The zero-order valence-electron chi connectivity index (χ0n) is 13.1. The molecular formula is C17H24N2O2. The van der Waals surface area contributed by atoms with Gasteiger partial charge in [-0.3, -0.25) is 4.98 Å². The Kier molecular flexibility index (Phi) is 3.64. The zero-order valence-corrected chi connectivity index (χ0v) is 13.1. The van der Waals surface area contributed by atoms with Crippen LogP contribution in [0, 0.1) is 5.92 Å². The van der Waals surface area contributed by atoms with Crippen LogP contribution in [0.15, 0.2) is 18.3 Å². The second-order valence-corrected chi connectivity index (χ2v) is 7.16. The topological polar surface area (TPSA) is 42.4 Å². The minimum Gasteiger partial charge on any atom is -0.444 e. The molecule has 0 aromatic carbocycles. The number of hydrogen-bond donors (Lipinski definition) is 0. The van der Waals surface area contributed by atoms with Gasteiger partial charge in [0.2, 0.25) is 0 Å². The van der Waals surface area contributed by atoms with Gasteiger partial charge in [0.25, 0.3) is 0 Å². The summed E-state index contributed by atoms with van der Waals surface area (Å²) >= 11 is 0. The highest BCUT2D eigenvalue weighted by Crippen LogP contribution is 2.34. The lowest BCUT2D eigenvalue weighted by atomic mass is 9.95. The Morgan fingerprint density at radius 1 is 1.38 bits per heavy atom. The Labute approximate surface area is 126 Å². The van der Waals surface area contributed by atoms with Crippen molar-refractivity contribution in [3.8, 4) is 0 Å². The van der Waals surface area contributed by atoms with E-state index in [0.717, 1.165) is 32.2 Å². The molecule has 2 aliphatic rings. The number of carbonyl (C=O) groups is 1. The van der Waals surface area contributed by atoms with Gasteiger partial charge in [0.1, 0.15) is 5.60 Å². The number of pyridine rings is 1. The molecule has 0 N–H and O–H groups in total. The third kappa shape index (κ3) is 3.04. The van der Waals surface area contributed by atoms with E-state index in [4.69, 9.17) is 4.74 Å². The van der Waals surface area contributed by atoms with Gasteiger partial charge in [-0.1, -0.05) is 6.07 Å². The van der Waals surface area contributed by atoms with Crippen LogP contribution in [0.2, 0.25) is 0 Å². The lowest BCUT2D eigenvalue weighted by Crippen LogP contribution is -2.43. The van der Waals surface area contributed by atoms with Gasteiger partial charge in [-0.05, 0) is 64.0 Å².